The number of nitrogens with one attached hydrogen (secondary N) is 1. The second-order valence-corrected chi connectivity index (χ2v) is 7.79. The van der Waals surface area contributed by atoms with Crippen molar-refractivity contribution in [1.29, 1.82) is 0 Å². The van der Waals surface area contributed by atoms with Crippen LogP contribution in [0, 0.1) is 18.3 Å². The van der Waals surface area contributed by atoms with Crippen molar-refractivity contribution in [2.45, 2.75) is 59.9 Å². The molecule has 1 aliphatic heterocycles. The lowest BCUT2D eigenvalue weighted by molar-refractivity contribution is -0.136. The van der Waals surface area contributed by atoms with Crippen LogP contribution in [-0.4, -0.2) is 29.8 Å². The summed E-state index contributed by atoms with van der Waals surface area (Å²) in [7, 11) is 0. The molecule has 2 atom stereocenters. The largest absolute Gasteiger partial charge is 0.464 e. The van der Waals surface area contributed by atoms with Gasteiger partial charge in [-0.25, -0.2) is 0 Å². The lowest BCUT2D eigenvalue weighted by Gasteiger charge is -2.35. The highest BCUT2D eigenvalue weighted by Gasteiger charge is 2.34. The van der Waals surface area contributed by atoms with Gasteiger partial charge >= 0.3 is 0 Å². The van der Waals surface area contributed by atoms with Crippen LogP contribution in [0.15, 0.2) is 16.5 Å². The van der Waals surface area contributed by atoms with E-state index >= 15 is 0 Å². The molecule has 5 nitrogen and oxygen atoms in total. The Hall–Kier alpha value is -1.78. The maximum Gasteiger partial charge on any atom is 0.225 e. The Bertz CT molecular complexity index is 586. The monoisotopic (exact) mass is 334 g/mol. The average molecular weight is 334 g/mol. The number of likely N-dealkylation sites (tertiary alicyclic amines) is 1. The zero-order valence-electron chi connectivity index (χ0n) is 15.5. The molecule has 0 saturated carbocycles. The van der Waals surface area contributed by atoms with Crippen molar-refractivity contribution < 1.29 is 14.0 Å². The summed E-state index contributed by atoms with van der Waals surface area (Å²) < 4.78 is 5.76. The van der Waals surface area contributed by atoms with Gasteiger partial charge < -0.3 is 14.6 Å². The molecule has 0 spiro atoms. The Morgan fingerprint density at radius 2 is 2.08 bits per heavy atom. The van der Waals surface area contributed by atoms with Gasteiger partial charge in [0.1, 0.15) is 11.5 Å². The molecular weight excluding hydrogens is 304 g/mol. The first-order valence-electron chi connectivity index (χ1n) is 8.87. The molecule has 1 aromatic heterocycles. The lowest BCUT2D eigenvalue weighted by Crippen LogP contribution is -2.47. The minimum absolute atomic E-state index is 0.0116. The summed E-state index contributed by atoms with van der Waals surface area (Å²) in [6.07, 6.45) is 2.20. The van der Waals surface area contributed by atoms with Crippen LogP contribution in [0.5, 0.6) is 0 Å². The number of hydrogen-bond acceptors (Lipinski definition) is 3. The van der Waals surface area contributed by atoms with E-state index in [2.05, 4.69) is 26.1 Å². The van der Waals surface area contributed by atoms with Crippen molar-refractivity contribution in [3.63, 3.8) is 0 Å². The van der Waals surface area contributed by atoms with E-state index < -0.39 is 0 Å². The number of furan rings is 1. The number of carbonyl (C=O) groups excluding carboxylic acids is 2. The molecule has 0 unspecified atom stereocenters. The molecular formula is C19H30N2O3. The van der Waals surface area contributed by atoms with Crippen molar-refractivity contribution >= 4 is 11.8 Å². The van der Waals surface area contributed by atoms with Crippen LogP contribution in [0.3, 0.4) is 0 Å². The Labute approximate surface area is 144 Å². The minimum Gasteiger partial charge on any atom is -0.464 e. The number of rotatable bonds is 4. The zero-order valence-corrected chi connectivity index (χ0v) is 15.5. The van der Waals surface area contributed by atoms with Crippen molar-refractivity contribution in [2.75, 3.05) is 13.1 Å². The quantitative estimate of drug-likeness (QED) is 0.917. The van der Waals surface area contributed by atoms with Gasteiger partial charge in [-0.05, 0) is 37.3 Å². The van der Waals surface area contributed by atoms with Crippen LogP contribution < -0.4 is 5.32 Å². The summed E-state index contributed by atoms with van der Waals surface area (Å²) in [4.78, 5) is 26.5. The molecule has 2 amide bonds. The van der Waals surface area contributed by atoms with Gasteiger partial charge in [0.15, 0.2) is 0 Å². The Balaban J connectivity index is 2.09. The second kappa shape index (κ2) is 7.41. The van der Waals surface area contributed by atoms with Gasteiger partial charge in [0.2, 0.25) is 11.8 Å². The van der Waals surface area contributed by atoms with E-state index in [9.17, 15) is 9.59 Å². The van der Waals surface area contributed by atoms with Crippen molar-refractivity contribution in [3.8, 4) is 0 Å². The van der Waals surface area contributed by atoms with Crippen molar-refractivity contribution in [2.24, 2.45) is 11.3 Å². The second-order valence-electron chi connectivity index (χ2n) is 7.79. The lowest BCUT2D eigenvalue weighted by atomic mass is 9.84. The molecule has 0 aliphatic carbocycles. The molecule has 24 heavy (non-hydrogen) atoms. The molecule has 2 heterocycles. The smallest absolute Gasteiger partial charge is 0.225 e. The molecule has 1 aromatic rings. The summed E-state index contributed by atoms with van der Waals surface area (Å²) in [6.45, 7) is 11.3. The topological polar surface area (TPSA) is 62.6 Å². The van der Waals surface area contributed by atoms with Gasteiger partial charge in [-0.15, -0.1) is 0 Å². The summed E-state index contributed by atoms with van der Waals surface area (Å²) >= 11 is 0. The molecule has 2 rings (SSSR count). The first kappa shape index (κ1) is 18.6. The van der Waals surface area contributed by atoms with Crippen LogP contribution in [-0.2, 0) is 9.59 Å². The Kier molecular flexibility index (Phi) is 5.73. The summed E-state index contributed by atoms with van der Waals surface area (Å²) in [5.41, 5.74) is -0.159. The van der Waals surface area contributed by atoms with Gasteiger partial charge in [-0.2, -0.15) is 0 Å². The maximum absolute atomic E-state index is 12.8. The molecule has 1 fully saturated rings. The highest BCUT2D eigenvalue weighted by Crippen LogP contribution is 2.34. The predicted octanol–water partition coefficient (Wildman–Crippen LogP) is 3.44. The molecule has 0 radical (unpaired) electrons. The molecule has 134 valence electrons. The van der Waals surface area contributed by atoms with Crippen LogP contribution in [0.4, 0.5) is 0 Å². The zero-order chi connectivity index (χ0) is 17.9. The fraction of sp³-hybridized carbons (Fsp3) is 0.684. The number of hydrogen-bond donors (Lipinski definition) is 1. The van der Waals surface area contributed by atoms with E-state index in [1.54, 1.807) is 0 Å². The average Bonchev–Trinajstić information content (AvgIpc) is 2.96. The molecule has 1 saturated heterocycles. The van der Waals surface area contributed by atoms with E-state index in [0.29, 0.717) is 13.0 Å². The van der Waals surface area contributed by atoms with Crippen LogP contribution in [0.1, 0.15) is 64.5 Å². The Morgan fingerprint density at radius 3 is 2.62 bits per heavy atom. The van der Waals surface area contributed by atoms with E-state index in [4.69, 9.17) is 4.42 Å². The van der Waals surface area contributed by atoms with E-state index in [1.165, 1.54) is 0 Å². The first-order valence-corrected chi connectivity index (χ1v) is 8.87. The summed E-state index contributed by atoms with van der Waals surface area (Å²) in [6, 6.07) is 3.66. The van der Waals surface area contributed by atoms with E-state index in [-0.39, 0.29) is 29.2 Å². The first-order chi connectivity index (χ1) is 11.2. The van der Waals surface area contributed by atoms with Crippen LogP contribution in [0.25, 0.3) is 0 Å². The number of carbonyl (C=O) groups is 2. The minimum atomic E-state index is -0.184. The van der Waals surface area contributed by atoms with E-state index in [0.717, 1.165) is 30.9 Å². The summed E-state index contributed by atoms with van der Waals surface area (Å²) in [5.74, 6) is 1.62. The highest BCUT2D eigenvalue weighted by molar-refractivity contribution is 5.81. The number of piperidine rings is 1. The predicted molar refractivity (Wildman–Crippen MR) is 93.4 cm³/mol. The fourth-order valence-electron chi connectivity index (χ4n) is 3.22. The number of amides is 2. The third-order valence-electron chi connectivity index (χ3n) is 4.65. The SMILES string of the molecule is CCC(=O)N1CCC[C@@H](C(=O)N[C@H](c2ccc(C)o2)C(C)(C)C)C1. The van der Waals surface area contributed by atoms with E-state index in [1.807, 2.05) is 30.9 Å². The number of nitrogens with zero attached hydrogens (tertiary/aromatic N) is 1. The third kappa shape index (κ3) is 4.40. The van der Waals surface area contributed by atoms with Crippen LogP contribution in [0.2, 0.25) is 0 Å². The molecule has 5 heteroatoms. The van der Waals surface area contributed by atoms with Crippen LogP contribution >= 0.6 is 0 Å². The Morgan fingerprint density at radius 1 is 1.38 bits per heavy atom. The van der Waals surface area contributed by atoms with Crippen molar-refractivity contribution in [3.05, 3.63) is 23.7 Å². The molecule has 0 bridgehead atoms. The maximum atomic E-state index is 12.8. The van der Waals surface area contributed by atoms with Gasteiger partial charge in [0.05, 0.1) is 12.0 Å². The van der Waals surface area contributed by atoms with Gasteiger partial charge in [0.25, 0.3) is 0 Å². The third-order valence-corrected chi connectivity index (χ3v) is 4.65. The highest BCUT2D eigenvalue weighted by atomic mass is 16.3. The molecule has 1 aliphatic rings. The molecule has 1 N–H and O–H groups in total. The fourth-order valence-corrected chi connectivity index (χ4v) is 3.22. The molecule has 0 aromatic carbocycles. The van der Waals surface area contributed by atoms with Gasteiger partial charge in [-0.1, -0.05) is 27.7 Å². The van der Waals surface area contributed by atoms with Crippen molar-refractivity contribution in [1.82, 2.24) is 10.2 Å². The normalized spacial score (nSPS) is 19.9. The van der Waals surface area contributed by atoms with Gasteiger partial charge in [0, 0.05) is 19.5 Å². The van der Waals surface area contributed by atoms with Gasteiger partial charge in [-0.3, -0.25) is 9.59 Å². The standard InChI is InChI=1S/C19H30N2O3/c1-6-16(22)21-11-7-8-14(12-21)18(23)20-17(19(3,4)5)15-10-9-13(2)24-15/h9-10,14,17H,6-8,11-12H2,1-5H3,(H,20,23)/t14-,17-/m1/s1. The summed E-state index contributed by atoms with van der Waals surface area (Å²) in [5, 5.41) is 3.16. The number of aryl methyl sites for hydroxylation is 1.